The van der Waals surface area contributed by atoms with Crippen LogP contribution < -0.4 is 0 Å². The molecule has 12 heavy (non-hydrogen) atoms. The Morgan fingerprint density at radius 2 is 1.33 bits per heavy atom. The van der Waals surface area contributed by atoms with Gasteiger partial charge in [-0.05, 0) is 11.0 Å². The maximum Gasteiger partial charge on any atom is 0 e. The van der Waals surface area contributed by atoms with Gasteiger partial charge in [-0.3, -0.25) is 0 Å². The van der Waals surface area contributed by atoms with Gasteiger partial charge in [-0.15, -0.1) is 0 Å². The fraction of sp³-hybridized carbons (Fsp3) is 0.364. The molecule has 0 saturated carbocycles. The predicted octanol–water partition coefficient (Wildman–Crippen LogP) is 3.43. The van der Waals surface area contributed by atoms with Gasteiger partial charge in [0.15, 0.2) is 0 Å². The van der Waals surface area contributed by atoms with Crippen LogP contribution in [0.2, 0.25) is 0 Å². The van der Waals surface area contributed by atoms with Gasteiger partial charge in [0.2, 0.25) is 0 Å². The van der Waals surface area contributed by atoms with Crippen molar-refractivity contribution in [2.75, 3.05) is 0 Å². The van der Waals surface area contributed by atoms with E-state index in [-0.39, 0.29) is 28.5 Å². The molecule has 0 N–H and O–H groups in total. The Balaban J connectivity index is 0. The maximum atomic E-state index is 2.22. The van der Waals surface area contributed by atoms with Crippen molar-refractivity contribution in [3.8, 4) is 0 Å². The van der Waals surface area contributed by atoms with Crippen molar-refractivity contribution in [3.05, 3.63) is 43.3 Å². The zero-order chi connectivity index (χ0) is 7.61. The Morgan fingerprint density at radius 3 is 1.58 bits per heavy atom. The monoisotopic (exact) mass is 333 g/mol. The summed E-state index contributed by atoms with van der Waals surface area (Å²) in [6, 6.07) is 10.6. The van der Waals surface area contributed by atoms with Crippen molar-refractivity contribution >= 4 is 0 Å². The fourth-order valence-corrected chi connectivity index (χ4v) is 0.938. The van der Waals surface area contributed by atoms with E-state index in [0.29, 0.717) is 5.41 Å². The van der Waals surface area contributed by atoms with Crippen molar-refractivity contribution in [2.45, 2.75) is 26.2 Å². The molecule has 0 bridgehead atoms. The van der Waals surface area contributed by atoms with Crippen molar-refractivity contribution in [2.24, 2.45) is 0 Å². The summed E-state index contributed by atoms with van der Waals surface area (Å²) in [7, 11) is 0. The zero-order valence-corrected chi connectivity index (χ0v) is 11.2. The molecule has 68 valence electrons. The molecule has 0 aliphatic heterocycles. The van der Waals surface area contributed by atoms with Crippen LogP contribution in [-0.4, -0.2) is 0 Å². The van der Waals surface area contributed by atoms with E-state index in [1.807, 2.05) is 0 Å². The van der Waals surface area contributed by atoms with Crippen LogP contribution in [0.4, 0.5) is 0 Å². The van der Waals surface area contributed by atoms with E-state index in [1.54, 1.807) is 0 Å². The van der Waals surface area contributed by atoms with Gasteiger partial charge in [0.05, 0.1) is 0 Å². The first-order chi connectivity index (χ1) is 4.61. The molecular weight excluding hydrogens is 316 g/mol. The molecule has 1 rings (SSSR count). The second-order valence-corrected chi connectivity index (χ2v) is 3.62. The van der Waals surface area contributed by atoms with Gasteiger partial charge >= 0.3 is 0 Å². The maximum absolute atomic E-state index is 2.22. The standard InChI is InChI=1S/C10H14.CH3.W/c1-10(2,3)9-7-5-4-6-8-9;;/h4-8H,1-3H3;1H3;/q;-1;. The summed E-state index contributed by atoms with van der Waals surface area (Å²) in [5.74, 6) is 0. The third-order valence-electron chi connectivity index (χ3n) is 1.64. The quantitative estimate of drug-likeness (QED) is 0.638. The third kappa shape index (κ3) is 4.06. The molecule has 0 aromatic heterocycles. The summed E-state index contributed by atoms with van der Waals surface area (Å²) in [6.07, 6.45) is 0. The first kappa shape index (κ1) is 14.4. The first-order valence-electron chi connectivity index (χ1n) is 3.66. The number of hydrogen-bond donors (Lipinski definition) is 0. The molecule has 0 aliphatic carbocycles. The van der Waals surface area contributed by atoms with Gasteiger partial charge in [0.1, 0.15) is 0 Å². The van der Waals surface area contributed by atoms with Crippen molar-refractivity contribution in [3.63, 3.8) is 0 Å². The molecule has 0 radical (unpaired) electrons. The van der Waals surface area contributed by atoms with Crippen molar-refractivity contribution in [1.29, 1.82) is 0 Å². The van der Waals surface area contributed by atoms with E-state index in [1.165, 1.54) is 5.56 Å². The molecule has 0 saturated heterocycles. The zero-order valence-electron chi connectivity index (χ0n) is 8.29. The average Bonchev–Trinajstić information content (AvgIpc) is 1.88. The van der Waals surface area contributed by atoms with E-state index in [0.717, 1.165) is 0 Å². The van der Waals surface area contributed by atoms with Crippen LogP contribution in [-0.2, 0) is 26.5 Å². The van der Waals surface area contributed by atoms with E-state index in [4.69, 9.17) is 0 Å². The van der Waals surface area contributed by atoms with Crippen LogP contribution >= 0.6 is 0 Å². The summed E-state index contributed by atoms with van der Waals surface area (Å²) in [4.78, 5) is 0. The van der Waals surface area contributed by atoms with Gasteiger partial charge in [0, 0.05) is 21.1 Å². The normalized spacial score (nSPS) is 9.58. The van der Waals surface area contributed by atoms with Crippen LogP contribution in [0.5, 0.6) is 0 Å². The minimum absolute atomic E-state index is 0. The second kappa shape index (κ2) is 5.54. The Labute approximate surface area is 90.7 Å². The summed E-state index contributed by atoms with van der Waals surface area (Å²) in [6.45, 7) is 6.67. The molecule has 0 amide bonds. The molecule has 0 nitrogen and oxygen atoms in total. The smallest absolute Gasteiger partial charge is 0 e. The second-order valence-electron chi connectivity index (χ2n) is 3.62. The van der Waals surface area contributed by atoms with Crippen LogP contribution in [0, 0.1) is 7.43 Å². The molecule has 0 unspecified atom stereocenters. The minimum Gasteiger partial charge on any atom is -0.358 e. The summed E-state index contributed by atoms with van der Waals surface area (Å²) >= 11 is 0. The van der Waals surface area contributed by atoms with Gasteiger partial charge in [0.25, 0.3) is 0 Å². The van der Waals surface area contributed by atoms with Crippen LogP contribution in [0.15, 0.2) is 30.3 Å². The van der Waals surface area contributed by atoms with E-state index in [9.17, 15) is 0 Å². The van der Waals surface area contributed by atoms with E-state index >= 15 is 0 Å². The predicted molar refractivity (Wildman–Crippen MR) is 51.6 cm³/mol. The van der Waals surface area contributed by atoms with Gasteiger partial charge < -0.3 is 7.43 Å². The largest absolute Gasteiger partial charge is 0.358 e. The molecule has 1 aromatic rings. The molecule has 1 aromatic carbocycles. The Morgan fingerprint density at radius 1 is 0.917 bits per heavy atom. The molecule has 0 aliphatic rings. The summed E-state index contributed by atoms with van der Waals surface area (Å²) in [5, 5.41) is 0. The Hall–Kier alpha value is -0.0917. The van der Waals surface area contributed by atoms with Crippen LogP contribution in [0.25, 0.3) is 0 Å². The fourth-order valence-electron chi connectivity index (χ4n) is 0.938. The van der Waals surface area contributed by atoms with Gasteiger partial charge in [-0.2, -0.15) is 0 Å². The van der Waals surface area contributed by atoms with Gasteiger partial charge in [-0.1, -0.05) is 51.1 Å². The minimum atomic E-state index is 0. The number of hydrogen-bond acceptors (Lipinski definition) is 0. The SMILES string of the molecule is CC(C)(C)c1ccccc1.[CH3-].[W]. The number of benzene rings is 1. The molecule has 0 atom stereocenters. The molecule has 0 fully saturated rings. The third-order valence-corrected chi connectivity index (χ3v) is 1.64. The van der Waals surface area contributed by atoms with Gasteiger partial charge in [-0.25, -0.2) is 0 Å². The average molecular weight is 333 g/mol. The van der Waals surface area contributed by atoms with Crippen LogP contribution in [0.3, 0.4) is 0 Å². The molecular formula is C11H17W-. The first-order valence-corrected chi connectivity index (χ1v) is 3.66. The Kier molecular flexibility index (Phi) is 6.66. The van der Waals surface area contributed by atoms with Crippen LogP contribution in [0.1, 0.15) is 26.3 Å². The van der Waals surface area contributed by atoms with Crippen molar-refractivity contribution in [1.82, 2.24) is 0 Å². The number of rotatable bonds is 0. The van der Waals surface area contributed by atoms with E-state index in [2.05, 4.69) is 51.1 Å². The molecule has 1 heteroatoms. The topological polar surface area (TPSA) is 0 Å². The van der Waals surface area contributed by atoms with Crippen molar-refractivity contribution < 1.29 is 21.1 Å². The van der Waals surface area contributed by atoms with E-state index < -0.39 is 0 Å². The molecule has 0 spiro atoms. The Bertz CT molecular complexity index is 196. The summed E-state index contributed by atoms with van der Waals surface area (Å²) < 4.78 is 0. The molecule has 0 heterocycles. The summed E-state index contributed by atoms with van der Waals surface area (Å²) in [5.41, 5.74) is 1.69.